The van der Waals surface area contributed by atoms with Crippen molar-refractivity contribution >= 4 is 23.6 Å². The third kappa shape index (κ3) is 5.94. The molecule has 6 nitrogen and oxygen atoms in total. The minimum atomic E-state index is -0.872. The summed E-state index contributed by atoms with van der Waals surface area (Å²) in [7, 11) is 0. The zero-order valence-corrected chi connectivity index (χ0v) is 15.1. The van der Waals surface area contributed by atoms with Gasteiger partial charge in [0.15, 0.2) is 0 Å². The lowest BCUT2D eigenvalue weighted by molar-refractivity contribution is -0.137. The Labute approximate surface area is 151 Å². The Balaban J connectivity index is 1.89. The zero-order chi connectivity index (χ0) is 18.2. The average molecular weight is 362 g/mol. The fourth-order valence-electron chi connectivity index (χ4n) is 2.47. The van der Waals surface area contributed by atoms with Gasteiger partial charge >= 0.3 is 5.97 Å². The number of benzene rings is 1. The number of nitrogens with one attached hydrogen (secondary N) is 1. The van der Waals surface area contributed by atoms with E-state index in [-0.39, 0.29) is 18.4 Å². The first kappa shape index (κ1) is 19.1. The lowest BCUT2D eigenvalue weighted by Gasteiger charge is -2.18. The van der Waals surface area contributed by atoms with Gasteiger partial charge in [-0.05, 0) is 25.8 Å². The summed E-state index contributed by atoms with van der Waals surface area (Å²) >= 11 is 1.48. The minimum absolute atomic E-state index is 0.00601. The van der Waals surface area contributed by atoms with Crippen molar-refractivity contribution in [1.29, 1.82) is 0 Å². The van der Waals surface area contributed by atoms with E-state index in [1.54, 1.807) is 0 Å². The van der Waals surface area contributed by atoms with E-state index in [0.29, 0.717) is 17.9 Å². The number of nitrogens with zero attached hydrogens (tertiary/aromatic N) is 1. The smallest absolute Gasteiger partial charge is 0.303 e. The molecule has 1 amide bonds. The summed E-state index contributed by atoms with van der Waals surface area (Å²) in [5.41, 5.74) is 2.77. The van der Waals surface area contributed by atoms with E-state index >= 15 is 0 Å². The van der Waals surface area contributed by atoms with Crippen molar-refractivity contribution in [2.24, 2.45) is 0 Å². The van der Waals surface area contributed by atoms with Gasteiger partial charge in [0.1, 0.15) is 5.76 Å². The standard InChI is InChI=1S/C18H22N2O4S/c1-12-15(13(2)24-20-12)10-25-11-17(21)19-16(8-9-18(22)23)14-6-4-3-5-7-14/h3-7,16H,8-11H2,1-2H3,(H,19,21)(H,22,23). The van der Waals surface area contributed by atoms with E-state index in [1.165, 1.54) is 11.8 Å². The maximum Gasteiger partial charge on any atom is 0.303 e. The van der Waals surface area contributed by atoms with Crippen LogP contribution in [-0.2, 0) is 15.3 Å². The van der Waals surface area contributed by atoms with Crippen LogP contribution in [0.4, 0.5) is 0 Å². The first-order valence-electron chi connectivity index (χ1n) is 8.03. The molecule has 1 aromatic heterocycles. The summed E-state index contributed by atoms with van der Waals surface area (Å²) < 4.78 is 5.11. The van der Waals surface area contributed by atoms with Crippen LogP contribution in [0.15, 0.2) is 34.9 Å². The molecule has 25 heavy (non-hydrogen) atoms. The lowest BCUT2D eigenvalue weighted by atomic mass is 10.0. The second-order valence-corrected chi connectivity index (χ2v) is 6.74. The summed E-state index contributed by atoms with van der Waals surface area (Å²) in [6, 6.07) is 9.12. The lowest BCUT2D eigenvalue weighted by Crippen LogP contribution is -2.30. The molecule has 0 saturated carbocycles. The van der Waals surface area contributed by atoms with Crippen molar-refractivity contribution in [3.63, 3.8) is 0 Å². The van der Waals surface area contributed by atoms with E-state index in [0.717, 1.165) is 22.6 Å². The van der Waals surface area contributed by atoms with Gasteiger partial charge in [-0.15, -0.1) is 11.8 Å². The largest absolute Gasteiger partial charge is 0.481 e. The van der Waals surface area contributed by atoms with Crippen LogP contribution in [0.2, 0.25) is 0 Å². The van der Waals surface area contributed by atoms with Gasteiger partial charge in [0.05, 0.1) is 17.5 Å². The summed E-state index contributed by atoms with van der Waals surface area (Å²) in [5, 5.41) is 15.7. The Morgan fingerprint density at radius 3 is 2.60 bits per heavy atom. The number of aryl methyl sites for hydroxylation is 2. The molecule has 0 spiro atoms. The summed E-state index contributed by atoms with van der Waals surface area (Å²) in [6.45, 7) is 3.73. The molecular formula is C18H22N2O4S. The number of carboxylic acids is 1. The molecule has 2 N–H and O–H groups in total. The number of hydrogen-bond donors (Lipinski definition) is 2. The van der Waals surface area contributed by atoms with Crippen molar-refractivity contribution in [1.82, 2.24) is 10.5 Å². The van der Waals surface area contributed by atoms with Gasteiger partial charge in [-0.25, -0.2) is 0 Å². The Morgan fingerprint density at radius 2 is 2.00 bits per heavy atom. The highest BCUT2D eigenvalue weighted by Crippen LogP contribution is 2.21. The highest BCUT2D eigenvalue weighted by molar-refractivity contribution is 7.99. The second-order valence-electron chi connectivity index (χ2n) is 5.76. The molecule has 2 aromatic rings. The van der Waals surface area contributed by atoms with E-state index in [2.05, 4.69) is 10.5 Å². The number of carboxylic acid groups (broad SMARTS) is 1. The monoisotopic (exact) mass is 362 g/mol. The molecular weight excluding hydrogens is 340 g/mol. The topological polar surface area (TPSA) is 92.4 Å². The molecule has 134 valence electrons. The summed E-state index contributed by atoms with van der Waals surface area (Å²) in [5.74, 6) is 0.730. The molecule has 1 heterocycles. The SMILES string of the molecule is Cc1noc(C)c1CSCC(=O)NC(CCC(=O)O)c1ccccc1. The molecule has 1 aromatic carbocycles. The minimum Gasteiger partial charge on any atom is -0.481 e. The Kier molecular flexibility index (Phi) is 7.06. The molecule has 0 aliphatic rings. The van der Waals surface area contributed by atoms with Crippen LogP contribution in [0.25, 0.3) is 0 Å². The second kappa shape index (κ2) is 9.27. The predicted molar refractivity (Wildman–Crippen MR) is 96.3 cm³/mol. The maximum atomic E-state index is 12.3. The zero-order valence-electron chi connectivity index (χ0n) is 14.3. The summed E-state index contributed by atoms with van der Waals surface area (Å²) in [4.78, 5) is 23.1. The number of aliphatic carboxylic acids is 1. The normalized spacial score (nSPS) is 11.9. The summed E-state index contributed by atoms with van der Waals surface area (Å²) in [6.07, 6.45) is 0.367. The van der Waals surface area contributed by atoms with Crippen LogP contribution in [0.1, 0.15) is 41.5 Å². The number of aromatic nitrogens is 1. The van der Waals surface area contributed by atoms with Gasteiger partial charge in [0, 0.05) is 17.7 Å². The molecule has 0 aliphatic heterocycles. The first-order valence-corrected chi connectivity index (χ1v) is 9.18. The third-order valence-electron chi connectivity index (χ3n) is 3.84. The van der Waals surface area contributed by atoms with Crippen LogP contribution in [-0.4, -0.2) is 27.9 Å². The molecule has 1 atom stereocenters. The molecule has 0 radical (unpaired) electrons. The van der Waals surface area contributed by atoms with Crippen LogP contribution in [0.5, 0.6) is 0 Å². The highest BCUT2D eigenvalue weighted by Gasteiger charge is 2.16. The highest BCUT2D eigenvalue weighted by atomic mass is 32.2. The molecule has 0 bridgehead atoms. The third-order valence-corrected chi connectivity index (χ3v) is 4.80. The Hall–Kier alpha value is -2.28. The van der Waals surface area contributed by atoms with Crippen LogP contribution in [0, 0.1) is 13.8 Å². The van der Waals surface area contributed by atoms with Crippen LogP contribution in [0.3, 0.4) is 0 Å². The molecule has 1 unspecified atom stereocenters. The van der Waals surface area contributed by atoms with Gasteiger partial charge < -0.3 is 14.9 Å². The van der Waals surface area contributed by atoms with Crippen molar-refractivity contribution in [3.05, 3.63) is 52.9 Å². The number of carbonyl (C=O) groups excluding carboxylic acids is 1. The molecule has 2 rings (SSSR count). The number of rotatable bonds is 9. The van der Waals surface area contributed by atoms with Gasteiger partial charge in [-0.3, -0.25) is 9.59 Å². The Morgan fingerprint density at radius 1 is 1.28 bits per heavy atom. The number of thioether (sulfide) groups is 1. The van der Waals surface area contributed by atoms with E-state index in [4.69, 9.17) is 9.63 Å². The molecule has 0 fully saturated rings. The number of carbonyl (C=O) groups is 2. The predicted octanol–water partition coefficient (Wildman–Crippen LogP) is 3.25. The van der Waals surface area contributed by atoms with Crippen LogP contribution >= 0.6 is 11.8 Å². The van der Waals surface area contributed by atoms with Crippen molar-refractivity contribution < 1.29 is 19.2 Å². The Bertz CT molecular complexity index is 696. The van der Waals surface area contributed by atoms with E-state index in [9.17, 15) is 9.59 Å². The fraction of sp³-hybridized carbons (Fsp3) is 0.389. The van der Waals surface area contributed by atoms with Crippen molar-refractivity contribution in [3.8, 4) is 0 Å². The average Bonchev–Trinajstić information content (AvgIpc) is 2.91. The maximum absolute atomic E-state index is 12.3. The van der Waals surface area contributed by atoms with Gasteiger partial charge in [0.25, 0.3) is 0 Å². The van der Waals surface area contributed by atoms with Gasteiger partial charge in [-0.1, -0.05) is 35.5 Å². The molecule has 0 saturated heterocycles. The van der Waals surface area contributed by atoms with Gasteiger partial charge in [-0.2, -0.15) is 0 Å². The van der Waals surface area contributed by atoms with Crippen LogP contribution < -0.4 is 5.32 Å². The van der Waals surface area contributed by atoms with Crippen molar-refractivity contribution in [2.45, 2.75) is 38.5 Å². The fourth-order valence-corrected chi connectivity index (χ4v) is 3.45. The number of amides is 1. The van der Waals surface area contributed by atoms with E-state index in [1.807, 2.05) is 44.2 Å². The molecule has 0 aliphatic carbocycles. The van der Waals surface area contributed by atoms with Crippen molar-refractivity contribution in [2.75, 3.05) is 5.75 Å². The van der Waals surface area contributed by atoms with Gasteiger partial charge in [0.2, 0.25) is 5.91 Å². The quantitative estimate of drug-likeness (QED) is 0.711. The van der Waals surface area contributed by atoms with E-state index < -0.39 is 5.97 Å². The first-order chi connectivity index (χ1) is 12.0. The molecule has 7 heteroatoms. The number of hydrogen-bond acceptors (Lipinski definition) is 5.